The van der Waals surface area contributed by atoms with Crippen LogP contribution in [0.15, 0.2) is 30.7 Å². The van der Waals surface area contributed by atoms with Gasteiger partial charge in [-0.2, -0.15) is 4.37 Å². The van der Waals surface area contributed by atoms with E-state index < -0.39 is 6.43 Å². The first-order chi connectivity index (χ1) is 14.0. The van der Waals surface area contributed by atoms with Gasteiger partial charge in [-0.25, -0.2) is 18.7 Å². The summed E-state index contributed by atoms with van der Waals surface area (Å²) in [6.07, 6.45) is 4.32. The molecule has 0 atom stereocenters. The highest BCUT2D eigenvalue weighted by Gasteiger charge is 2.14. The average Bonchev–Trinajstić information content (AvgIpc) is 3.40. The lowest BCUT2D eigenvalue weighted by Crippen LogP contribution is -2.20. The van der Waals surface area contributed by atoms with Gasteiger partial charge in [-0.15, -0.1) is 0 Å². The van der Waals surface area contributed by atoms with Crippen molar-refractivity contribution < 1.29 is 8.78 Å². The molecular weight excluding hydrogens is 396 g/mol. The van der Waals surface area contributed by atoms with Gasteiger partial charge in [0.05, 0.1) is 29.8 Å². The Hall–Kier alpha value is -2.85. The molecule has 0 aliphatic heterocycles. The van der Waals surface area contributed by atoms with Crippen LogP contribution in [0, 0.1) is 6.92 Å². The van der Waals surface area contributed by atoms with Crippen LogP contribution in [0.1, 0.15) is 24.0 Å². The number of rotatable bonds is 8. The number of anilines is 2. The van der Waals surface area contributed by atoms with Crippen LogP contribution in [0.5, 0.6) is 0 Å². The number of fused-ring (bicyclic) bond motifs is 1. The number of halogens is 2. The third-order valence-electron chi connectivity index (χ3n) is 4.44. The highest BCUT2D eigenvalue weighted by molar-refractivity contribution is 7.10. The third-order valence-corrected chi connectivity index (χ3v) is 5.18. The number of H-pyrrole nitrogens is 1. The van der Waals surface area contributed by atoms with Gasteiger partial charge in [0, 0.05) is 30.2 Å². The minimum atomic E-state index is -2.38. The minimum absolute atomic E-state index is 0.292. The Balaban J connectivity index is 1.59. The van der Waals surface area contributed by atoms with E-state index in [0.717, 1.165) is 34.1 Å². The molecule has 0 unspecified atom stereocenters. The molecule has 0 amide bonds. The molecule has 0 saturated heterocycles. The Bertz CT molecular complexity index is 1120. The van der Waals surface area contributed by atoms with Crippen LogP contribution in [0.3, 0.4) is 0 Å². The predicted octanol–water partition coefficient (Wildman–Crippen LogP) is 4.15. The Morgan fingerprint density at radius 3 is 2.93 bits per heavy atom. The summed E-state index contributed by atoms with van der Waals surface area (Å²) in [5.74, 6) is 0.623. The number of hydrogen-bond acceptors (Lipinski definition) is 6. The molecule has 0 aliphatic carbocycles. The van der Waals surface area contributed by atoms with Crippen LogP contribution in [-0.2, 0) is 13.0 Å². The number of nitrogens with zero attached hydrogens (tertiary/aromatic N) is 4. The third kappa shape index (κ3) is 4.28. The average molecular weight is 417 g/mol. The second kappa shape index (κ2) is 8.26. The molecule has 152 valence electrons. The van der Waals surface area contributed by atoms with Crippen molar-refractivity contribution in [3.05, 3.63) is 47.8 Å². The van der Waals surface area contributed by atoms with Gasteiger partial charge in [0.25, 0.3) is 6.43 Å². The Morgan fingerprint density at radius 2 is 2.17 bits per heavy atom. The molecule has 29 heavy (non-hydrogen) atoms. The fraction of sp³-hybridized carbons (Fsp3) is 0.316. The van der Waals surface area contributed by atoms with Crippen LogP contribution in [0.25, 0.3) is 16.9 Å². The summed E-state index contributed by atoms with van der Waals surface area (Å²) in [5, 5.41) is 6.72. The number of aromatic nitrogens is 5. The largest absolute Gasteiger partial charge is 0.364 e. The van der Waals surface area contributed by atoms with Crippen molar-refractivity contribution in [3.8, 4) is 11.3 Å². The van der Waals surface area contributed by atoms with E-state index in [1.807, 2.05) is 36.0 Å². The molecule has 0 aliphatic rings. The van der Waals surface area contributed by atoms with Crippen molar-refractivity contribution in [1.29, 1.82) is 0 Å². The number of alkyl halides is 2. The molecule has 4 rings (SSSR count). The first kappa shape index (κ1) is 19.5. The Morgan fingerprint density at radius 1 is 1.31 bits per heavy atom. The van der Waals surface area contributed by atoms with Crippen LogP contribution < -0.4 is 10.6 Å². The highest BCUT2D eigenvalue weighted by atomic mass is 32.1. The van der Waals surface area contributed by atoms with E-state index >= 15 is 0 Å². The second-order valence-electron chi connectivity index (χ2n) is 6.66. The van der Waals surface area contributed by atoms with Gasteiger partial charge in [-0.05, 0) is 37.0 Å². The molecule has 4 aromatic heterocycles. The van der Waals surface area contributed by atoms with Gasteiger partial charge < -0.3 is 15.6 Å². The van der Waals surface area contributed by atoms with Crippen molar-refractivity contribution in [1.82, 2.24) is 29.0 Å². The van der Waals surface area contributed by atoms with Crippen LogP contribution >= 0.6 is 11.5 Å². The topological polar surface area (TPSA) is 82.9 Å². The molecule has 0 saturated carbocycles. The summed E-state index contributed by atoms with van der Waals surface area (Å²) in [5.41, 5.74) is 5.45. The number of hydrogen-bond donors (Lipinski definition) is 3. The van der Waals surface area contributed by atoms with Crippen molar-refractivity contribution in [2.45, 2.75) is 33.2 Å². The van der Waals surface area contributed by atoms with E-state index in [2.05, 4.69) is 42.9 Å². The maximum Gasteiger partial charge on any atom is 0.250 e. The SMILES string of the molecule is CCc1cc(-c2cnc3c(Nc4cc(CNCC(F)F)ns4)nc(C)cn23)c[nH]1. The van der Waals surface area contributed by atoms with Gasteiger partial charge in [-0.3, -0.25) is 4.40 Å². The van der Waals surface area contributed by atoms with Crippen molar-refractivity contribution in [2.75, 3.05) is 11.9 Å². The van der Waals surface area contributed by atoms with E-state index in [-0.39, 0.29) is 6.54 Å². The highest BCUT2D eigenvalue weighted by Crippen LogP contribution is 2.28. The molecule has 0 aromatic carbocycles. The summed E-state index contributed by atoms with van der Waals surface area (Å²) < 4.78 is 30.8. The van der Waals surface area contributed by atoms with Crippen molar-refractivity contribution in [2.24, 2.45) is 0 Å². The maximum atomic E-state index is 12.3. The normalized spacial score (nSPS) is 11.6. The fourth-order valence-electron chi connectivity index (χ4n) is 3.08. The monoisotopic (exact) mass is 417 g/mol. The first-order valence-electron chi connectivity index (χ1n) is 9.27. The molecule has 0 radical (unpaired) electrons. The molecule has 3 N–H and O–H groups in total. The lowest BCUT2D eigenvalue weighted by Gasteiger charge is -2.07. The van der Waals surface area contributed by atoms with Gasteiger partial charge in [0.15, 0.2) is 11.5 Å². The van der Waals surface area contributed by atoms with Gasteiger partial charge in [0.2, 0.25) is 0 Å². The molecule has 7 nitrogen and oxygen atoms in total. The summed E-state index contributed by atoms with van der Waals surface area (Å²) in [6, 6.07) is 3.95. The van der Waals surface area contributed by atoms with E-state index in [1.165, 1.54) is 11.5 Å². The summed E-state index contributed by atoms with van der Waals surface area (Å²) in [4.78, 5) is 12.4. The molecule has 0 fully saturated rings. The fourth-order valence-corrected chi connectivity index (χ4v) is 3.74. The van der Waals surface area contributed by atoms with E-state index in [9.17, 15) is 8.78 Å². The summed E-state index contributed by atoms with van der Waals surface area (Å²) >= 11 is 1.26. The molecule has 0 bridgehead atoms. The van der Waals surface area contributed by atoms with Crippen LogP contribution in [0.2, 0.25) is 0 Å². The maximum absolute atomic E-state index is 12.3. The Kier molecular flexibility index (Phi) is 5.54. The van der Waals surface area contributed by atoms with Crippen LogP contribution in [0.4, 0.5) is 19.6 Å². The molecule has 0 spiro atoms. The van der Waals surface area contributed by atoms with Gasteiger partial charge in [0.1, 0.15) is 5.00 Å². The molecule has 10 heteroatoms. The lowest BCUT2D eigenvalue weighted by atomic mass is 10.2. The number of nitrogens with one attached hydrogen (secondary N) is 3. The Labute approximate surface area is 170 Å². The molecular formula is C19H21F2N7S. The zero-order valence-electron chi connectivity index (χ0n) is 16.0. The number of imidazole rings is 1. The van der Waals surface area contributed by atoms with E-state index in [0.29, 0.717) is 23.7 Å². The predicted molar refractivity (Wildman–Crippen MR) is 110 cm³/mol. The molecule has 4 heterocycles. The second-order valence-corrected chi connectivity index (χ2v) is 7.47. The first-order valence-corrected chi connectivity index (χ1v) is 10.0. The van der Waals surface area contributed by atoms with Crippen molar-refractivity contribution in [3.63, 3.8) is 0 Å². The van der Waals surface area contributed by atoms with Gasteiger partial charge >= 0.3 is 0 Å². The van der Waals surface area contributed by atoms with Crippen molar-refractivity contribution >= 4 is 28.0 Å². The summed E-state index contributed by atoms with van der Waals surface area (Å²) in [6.45, 7) is 3.97. The van der Waals surface area contributed by atoms with Gasteiger partial charge in [-0.1, -0.05) is 6.92 Å². The minimum Gasteiger partial charge on any atom is -0.364 e. The molecule has 4 aromatic rings. The van der Waals surface area contributed by atoms with Crippen LogP contribution in [-0.4, -0.2) is 36.7 Å². The number of aryl methyl sites for hydroxylation is 2. The quantitative estimate of drug-likeness (QED) is 0.401. The van der Waals surface area contributed by atoms with E-state index in [1.54, 1.807) is 0 Å². The lowest BCUT2D eigenvalue weighted by molar-refractivity contribution is 0.145. The van der Waals surface area contributed by atoms with E-state index in [4.69, 9.17) is 0 Å². The number of aromatic amines is 1. The smallest absolute Gasteiger partial charge is 0.250 e. The zero-order valence-corrected chi connectivity index (χ0v) is 16.9. The summed E-state index contributed by atoms with van der Waals surface area (Å²) in [7, 11) is 0. The zero-order chi connectivity index (χ0) is 20.4. The standard InChI is InChI=1S/C19H21F2N7S/c1-3-13-4-12(6-23-13)15-8-24-19-18(25-11(2)10-28(15)19)26-17-5-14(27-29-17)7-22-9-16(20)21/h4-6,8,10,16,22-23H,3,7,9H2,1-2H3,(H,25,26).